The number of nitrogens with zero attached hydrogens (tertiary/aromatic N) is 1. The number of hydrogen-bond acceptors (Lipinski definition) is 2. The molecule has 0 amide bonds. The Hall–Kier alpha value is -2.30. The summed E-state index contributed by atoms with van der Waals surface area (Å²) in [5.41, 5.74) is 0.410. The zero-order chi connectivity index (χ0) is 12.4. The Kier molecular flexibility index (Phi) is 2.82. The first-order valence-electron chi connectivity index (χ1n) is 4.73. The summed E-state index contributed by atoms with van der Waals surface area (Å²) in [6.45, 7) is 0. The average Bonchev–Trinajstić information content (AvgIpc) is 2.29. The summed E-state index contributed by atoms with van der Waals surface area (Å²) in [6, 6.07) is 7.27. The van der Waals surface area contributed by atoms with Gasteiger partial charge in [-0.25, -0.2) is 14.2 Å². The molecule has 1 aromatic carbocycles. The van der Waals surface area contributed by atoms with Crippen molar-refractivity contribution in [2.45, 2.75) is 0 Å². The SMILES string of the molecule is O=C(O)c1cc(F)nc(-c2ccc(F)cc2)c1. The van der Waals surface area contributed by atoms with Gasteiger partial charge in [0.1, 0.15) is 5.82 Å². The van der Waals surface area contributed by atoms with Gasteiger partial charge in [-0.3, -0.25) is 0 Å². The van der Waals surface area contributed by atoms with Crippen LogP contribution in [0.3, 0.4) is 0 Å². The van der Waals surface area contributed by atoms with Crippen LogP contribution in [0, 0.1) is 11.8 Å². The van der Waals surface area contributed by atoms with Crippen LogP contribution in [0.25, 0.3) is 11.3 Å². The molecule has 3 nitrogen and oxygen atoms in total. The molecule has 1 N–H and O–H groups in total. The van der Waals surface area contributed by atoms with Crippen molar-refractivity contribution in [2.75, 3.05) is 0 Å². The molecule has 86 valence electrons. The Labute approximate surface area is 95.4 Å². The second-order valence-electron chi connectivity index (χ2n) is 3.38. The number of benzene rings is 1. The Morgan fingerprint density at radius 3 is 2.35 bits per heavy atom. The lowest BCUT2D eigenvalue weighted by atomic mass is 10.1. The molecule has 0 atom stereocenters. The summed E-state index contributed by atoms with van der Waals surface area (Å²) in [5, 5.41) is 8.77. The maximum atomic E-state index is 13.1. The molecular formula is C12H7F2NO2. The molecule has 1 heterocycles. The van der Waals surface area contributed by atoms with Gasteiger partial charge in [0.15, 0.2) is 0 Å². The first-order chi connectivity index (χ1) is 8.06. The quantitative estimate of drug-likeness (QED) is 0.814. The molecule has 0 aliphatic carbocycles. The fourth-order valence-corrected chi connectivity index (χ4v) is 1.39. The van der Waals surface area contributed by atoms with Crippen molar-refractivity contribution in [2.24, 2.45) is 0 Å². The van der Waals surface area contributed by atoms with E-state index in [2.05, 4.69) is 4.98 Å². The fourth-order valence-electron chi connectivity index (χ4n) is 1.39. The summed E-state index contributed by atoms with van der Waals surface area (Å²) in [5.74, 6) is -2.55. The van der Waals surface area contributed by atoms with Crippen LogP contribution < -0.4 is 0 Å². The summed E-state index contributed by atoms with van der Waals surface area (Å²) >= 11 is 0. The normalized spacial score (nSPS) is 10.2. The van der Waals surface area contributed by atoms with Gasteiger partial charge in [0.25, 0.3) is 0 Å². The average molecular weight is 235 g/mol. The Morgan fingerprint density at radius 2 is 1.76 bits per heavy atom. The standard InChI is InChI=1S/C12H7F2NO2/c13-9-3-1-7(2-4-9)10-5-8(12(16)17)6-11(14)15-10/h1-6H,(H,16,17). The molecule has 5 heteroatoms. The van der Waals surface area contributed by atoms with Crippen LogP contribution in [0.5, 0.6) is 0 Å². The Balaban J connectivity index is 2.51. The highest BCUT2D eigenvalue weighted by atomic mass is 19.1. The summed E-state index contributed by atoms with van der Waals surface area (Å²) in [4.78, 5) is 14.3. The van der Waals surface area contributed by atoms with Gasteiger partial charge < -0.3 is 5.11 Å². The Morgan fingerprint density at radius 1 is 1.12 bits per heavy atom. The number of rotatable bonds is 2. The fraction of sp³-hybridized carbons (Fsp3) is 0. The van der Waals surface area contributed by atoms with Crippen LogP contribution in [0.15, 0.2) is 36.4 Å². The molecule has 0 saturated heterocycles. The second kappa shape index (κ2) is 4.29. The zero-order valence-electron chi connectivity index (χ0n) is 8.52. The topological polar surface area (TPSA) is 50.2 Å². The number of carboxylic acids is 1. The van der Waals surface area contributed by atoms with E-state index in [-0.39, 0.29) is 11.3 Å². The number of halogens is 2. The maximum Gasteiger partial charge on any atom is 0.335 e. The predicted octanol–water partition coefficient (Wildman–Crippen LogP) is 2.73. The molecule has 1 aromatic heterocycles. The number of aromatic nitrogens is 1. The highest BCUT2D eigenvalue weighted by Gasteiger charge is 2.09. The molecule has 0 spiro atoms. The Bertz CT molecular complexity index is 567. The van der Waals surface area contributed by atoms with Gasteiger partial charge in [0, 0.05) is 11.6 Å². The van der Waals surface area contributed by atoms with Crippen molar-refractivity contribution in [3.8, 4) is 11.3 Å². The lowest BCUT2D eigenvalue weighted by molar-refractivity contribution is 0.0696. The summed E-state index contributed by atoms with van der Waals surface area (Å²) < 4.78 is 25.8. The van der Waals surface area contributed by atoms with Crippen LogP contribution in [0.2, 0.25) is 0 Å². The number of carboxylic acid groups (broad SMARTS) is 1. The molecule has 0 unspecified atom stereocenters. The molecule has 2 aromatic rings. The molecule has 17 heavy (non-hydrogen) atoms. The number of hydrogen-bond donors (Lipinski definition) is 1. The van der Waals surface area contributed by atoms with Crippen molar-refractivity contribution in [1.82, 2.24) is 4.98 Å². The minimum atomic E-state index is -1.24. The van der Waals surface area contributed by atoms with Crippen LogP contribution in [-0.4, -0.2) is 16.1 Å². The molecule has 0 bridgehead atoms. The number of pyridine rings is 1. The van der Waals surface area contributed by atoms with Crippen molar-refractivity contribution in [3.63, 3.8) is 0 Å². The van der Waals surface area contributed by atoms with Crippen molar-refractivity contribution in [1.29, 1.82) is 0 Å². The van der Waals surface area contributed by atoms with Gasteiger partial charge in [-0.15, -0.1) is 0 Å². The van der Waals surface area contributed by atoms with Gasteiger partial charge in [0.2, 0.25) is 5.95 Å². The first kappa shape index (κ1) is 11.2. The third kappa shape index (κ3) is 2.44. The first-order valence-corrected chi connectivity index (χ1v) is 4.73. The van der Waals surface area contributed by atoms with Crippen molar-refractivity contribution >= 4 is 5.97 Å². The smallest absolute Gasteiger partial charge is 0.335 e. The number of carbonyl (C=O) groups is 1. The van der Waals surface area contributed by atoms with Gasteiger partial charge >= 0.3 is 5.97 Å². The van der Waals surface area contributed by atoms with E-state index in [1.807, 2.05) is 0 Å². The van der Waals surface area contributed by atoms with Gasteiger partial charge in [0.05, 0.1) is 11.3 Å². The summed E-state index contributed by atoms with van der Waals surface area (Å²) in [7, 11) is 0. The highest BCUT2D eigenvalue weighted by Crippen LogP contribution is 2.19. The maximum absolute atomic E-state index is 13.1. The van der Waals surface area contributed by atoms with E-state index >= 15 is 0 Å². The third-order valence-electron chi connectivity index (χ3n) is 2.18. The van der Waals surface area contributed by atoms with Crippen LogP contribution in [-0.2, 0) is 0 Å². The number of aromatic carboxylic acids is 1. The molecule has 0 aliphatic rings. The van der Waals surface area contributed by atoms with E-state index in [1.54, 1.807) is 0 Å². The molecule has 0 saturated carbocycles. The van der Waals surface area contributed by atoms with Crippen LogP contribution in [0.1, 0.15) is 10.4 Å². The lowest BCUT2D eigenvalue weighted by Crippen LogP contribution is -2.00. The second-order valence-corrected chi connectivity index (χ2v) is 3.38. The van der Waals surface area contributed by atoms with E-state index in [1.165, 1.54) is 30.3 Å². The minimum absolute atomic E-state index is 0.155. The van der Waals surface area contributed by atoms with E-state index < -0.39 is 17.7 Å². The summed E-state index contributed by atoms with van der Waals surface area (Å²) in [6.07, 6.45) is 0. The van der Waals surface area contributed by atoms with Crippen LogP contribution >= 0.6 is 0 Å². The third-order valence-corrected chi connectivity index (χ3v) is 2.18. The minimum Gasteiger partial charge on any atom is -0.478 e. The van der Waals surface area contributed by atoms with E-state index in [0.717, 1.165) is 6.07 Å². The predicted molar refractivity (Wildman–Crippen MR) is 56.5 cm³/mol. The zero-order valence-corrected chi connectivity index (χ0v) is 8.52. The van der Waals surface area contributed by atoms with E-state index in [0.29, 0.717) is 5.56 Å². The van der Waals surface area contributed by atoms with Gasteiger partial charge in [-0.05, 0) is 30.3 Å². The van der Waals surface area contributed by atoms with Crippen molar-refractivity contribution in [3.05, 3.63) is 53.7 Å². The molecular weight excluding hydrogens is 228 g/mol. The molecule has 2 rings (SSSR count). The van der Waals surface area contributed by atoms with Gasteiger partial charge in [-0.1, -0.05) is 0 Å². The largest absolute Gasteiger partial charge is 0.478 e. The molecule has 0 aliphatic heterocycles. The highest BCUT2D eigenvalue weighted by molar-refractivity contribution is 5.88. The molecule has 0 fully saturated rings. The monoisotopic (exact) mass is 235 g/mol. The lowest BCUT2D eigenvalue weighted by Gasteiger charge is -2.02. The molecule has 0 radical (unpaired) electrons. The van der Waals surface area contributed by atoms with Gasteiger partial charge in [-0.2, -0.15) is 4.39 Å². The van der Waals surface area contributed by atoms with E-state index in [4.69, 9.17) is 5.11 Å². The van der Waals surface area contributed by atoms with Crippen LogP contribution in [0.4, 0.5) is 8.78 Å². The van der Waals surface area contributed by atoms with E-state index in [9.17, 15) is 13.6 Å². The van der Waals surface area contributed by atoms with Crippen molar-refractivity contribution < 1.29 is 18.7 Å².